The summed E-state index contributed by atoms with van der Waals surface area (Å²) in [4.78, 5) is 16.4. The van der Waals surface area contributed by atoms with Crippen LogP contribution in [0.3, 0.4) is 0 Å². The highest BCUT2D eigenvalue weighted by atomic mass is 16.1. The average molecular weight is 346 g/mol. The van der Waals surface area contributed by atoms with Crippen molar-refractivity contribution in [3.63, 3.8) is 0 Å². The fourth-order valence-electron chi connectivity index (χ4n) is 3.41. The third-order valence-corrected chi connectivity index (χ3v) is 5.10. The monoisotopic (exact) mass is 345 g/mol. The van der Waals surface area contributed by atoms with Gasteiger partial charge in [0.1, 0.15) is 5.78 Å². The molecule has 0 atom stereocenters. The van der Waals surface area contributed by atoms with E-state index in [1.165, 1.54) is 43.6 Å². The first-order chi connectivity index (χ1) is 12.2. The minimum Gasteiger partial charge on any atom is -0.316 e. The summed E-state index contributed by atoms with van der Waals surface area (Å²) in [6, 6.07) is 8.98. The van der Waals surface area contributed by atoms with Gasteiger partial charge in [-0.05, 0) is 37.6 Å². The molecule has 0 saturated carbocycles. The maximum Gasteiger partial charge on any atom is 0.132 e. The molecule has 1 aliphatic heterocycles. The molecule has 0 spiro atoms. The number of rotatable bonds is 11. The van der Waals surface area contributed by atoms with Crippen molar-refractivity contribution < 1.29 is 4.79 Å². The summed E-state index contributed by atoms with van der Waals surface area (Å²) in [6.07, 6.45) is 4.95. The lowest BCUT2D eigenvalue weighted by molar-refractivity contribution is -0.118. The van der Waals surface area contributed by atoms with E-state index in [-0.39, 0.29) is 0 Å². The highest BCUT2D eigenvalue weighted by Crippen LogP contribution is 2.11. The van der Waals surface area contributed by atoms with Crippen molar-refractivity contribution in [3.8, 4) is 0 Å². The zero-order valence-electron chi connectivity index (χ0n) is 16.1. The molecule has 2 rings (SSSR count). The molecule has 1 aromatic carbocycles. The first-order valence-corrected chi connectivity index (χ1v) is 9.90. The molecule has 0 amide bonds. The molecule has 1 N–H and O–H groups in total. The lowest BCUT2D eigenvalue weighted by Gasteiger charge is -2.34. The topological polar surface area (TPSA) is 35.6 Å². The first kappa shape index (κ1) is 20.1. The van der Waals surface area contributed by atoms with Gasteiger partial charge in [-0.1, -0.05) is 37.6 Å². The second kappa shape index (κ2) is 11.4. The van der Waals surface area contributed by atoms with Crippen LogP contribution in [0, 0.1) is 0 Å². The Bertz CT molecular complexity index is 492. The Hall–Kier alpha value is -1.23. The number of hydrogen-bond donors (Lipinski definition) is 1. The molecule has 0 aliphatic carbocycles. The molecule has 1 saturated heterocycles. The van der Waals surface area contributed by atoms with Crippen molar-refractivity contribution in [2.75, 3.05) is 39.8 Å². The van der Waals surface area contributed by atoms with Gasteiger partial charge in [0, 0.05) is 52.1 Å². The van der Waals surface area contributed by atoms with Crippen LogP contribution in [0.2, 0.25) is 0 Å². The van der Waals surface area contributed by atoms with E-state index >= 15 is 0 Å². The van der Waals surface area contributed by atoms with Gasteiger partial charge in [0.25, 0.3) is 0 Å². The normalized spacial score (nSPS) is 16.2. The molecule has 0 aromatic heterocycles. The summed E-state index contributed by atoms with van der Waals surface area (Å²) in [5.74, 6) is 0.410. The molecule has 25 heavy (non-hydrogen) atoms. The van der Waals surface area contributed by atoms with Crippen molar-refractivity contribution in [2.45, 2.75) is 52.1 Å². The van der Waals surface area contributed by atoms with Crippen molar-refractivity contribution in [1.82, 2.24) is 15.1 Å². The van der Waals surface area contributed by atoms with Gasteiger partial charge >= 0.3 is 0 Å². The Labute approximate surface area is 153 Å². The molecular formula is C21H35N3O. The van der Waals surface area contributed by atoms with Gasteiger partial charge in [-0.2, -0.15) is 0 Å². The molecule has 1 aromatic rings. The molecular weight excluding hydrogens is 310 g/mol. The Morgan fingerprint density at radius 1 is 0.960 bits per heavy atom. The van der Waals surface area contributed by atoms with E-state index in [4.69, 9.17) is 0 Å². The number of benzene rings is 1. The van der Waals surface area contributed by atoms with Crippen molar-refractivity contribution in [3.05, 3.63) is 35.4 Å². The summed E-state index contributed by atoms with van der Waals surface area (Å²) < 4.78 is 0. The Morgan fingerprint density at radius 3 is 2.24 bits per heavy atom. The maximum atomic E-state index is 11.3. The summed E-state index contributed by atoms with van der Waals surface area (Å²) in [5.41, 5.74) is 2.76. The number of hydrogen-bond acceptors (Lipinski definition) is 4. The Kier molecular flexibility index (Phi) is 9.16. The van der Waals surface area contributed by atoms with E-state index < -0.39 is 0 Å². The van der Waals surface area contributed by atoms with E-state index in [1.54, 1.807) is 0 Å². The number of Topliss-reactive ketones (excluding diaryl/α,β-unsaturated/α-hetero) is 1. The predicted molar refractivity (Wildman–Crippen MR) is 105 cm³/mol. The average Bonchev–Trinajstić information content (AvgIpc) is 2.64. The van der Waals surface area contributed by atoms with E-state index in [2.05, 4.69) is 39.4 Å². The van der Waals surface area contributed by atoms with Crippen LogP contribution in [0.25, 0.3) is 0 Å². The Balaban J connectivity index is 1.59. The standard InChI is InChI=1S/C21H35N3O/c1-3-21(25)7-5-4-6-12-23-13-15-24(16-14-23)18-20-10-8-19(9-11-20)17-22-2/h8-11,22H,3-7,12-18H2,1-2H3. The highest BCUT2D eigenvalue weighted by molar-refractivity contribution is 5.77. The third kappa shape index (κ3) is 7.68. The quantitative estimate of drug-likeness (QED) is 0.625. The van der Waals surface area contributed by atoms with Crippen molar-refractivity contribution in [1.29, 1.82) is 0 Å². The van der Waals surface area contributed by atoms with Crippen LogP contribution >= 0.6 is 0 Å². The van der Waals surface area contributed by atoms with Gasteiger partial charge in [0.2, 0.25) is 0 Å². The SMILES string of the molecule is CCC(=O)CCCCCN1CCN(Cc2ccc(CNC)cc2)CC1. The molecule has 1 aliphatic rings. The predicted octanol–water partition coefficient (Wildman–Crippen LogP) is 3.06. The molecule has 140 valence electrons. The zero-order chi connectivity index (χ0) is 17.9. The smallest absolute Gasteiger partial charge is 0.132 e. The summed E-state index contributed by atoms with van der Waals surface area (Å²) >= 11 is 0. The largest absolute Gasteiger partial charge is 0.316 e. The van der Waals surface area contributed by atoms with Gasteiger partial charge in [-0.15, -0.1) is 0 Å². The van der Waals surface area contributed by atoms with Gasteiger partial charge in [0.15, 0.2) is 0 Å². The number of carbonyl (C=O) groups excluding carboxylic acids is 1. The van der Waals surface area contributed by atoms with Crippen LogP contribution in [0.4, 0.5) is 0 Å². The highest BCUT2D eigenvalue weighted by Gasteiger charge is 2.16. The van der Waals surface area contributed by atoms with E-state index in [0.717, 1.165) is 39.0 Å². The number of ketones is 1. The minimum absolute atomic E-state index is 0.410. The summed E-state index contributed by atoms with van der Waals surface area (Å²) in [5, 5.41) is 3.19. The maximum absolute atomic E-state index is 11.3. The second-order valence-electron chi connectivity index (χ2n) is 7.17. The fourth-order valence-corrected chi connectivity index (χ4v) is 3.41. The van der Waals surface area contributed by atoms with Crippen LogP contribution in [0.5, 0.6) is 0 Å². The molecule has 4 heteroatoms. The minimum atomic E-state index is 0.410. The lowest BCUT2D eigenvalue weighted by atomic mass is 10.1. The van der Waals surface area contributed by atoms with Crippen LogP contribution in [0.15, 0.2) is 24.3 Å². The third-order valence-electron chi connectivity index (χ3n) is 5.10. The van der Waals surface area contributed by atoms with Crippen molar-refractivity contribution >= 4 is 5.78 Å². The van der Waals surface area contributed by atoms with Crippen LogP contribution in [-0.2, 0) is 17.9 Å². The van der Waals surface area contributed by atoms with Gasteiger partial charge in [-0.25, -0.2) is 0 Å². The van der Waals surface area contributed by atoms with Gasteiger partial charge in [-0.3, -0.25) is 9.69 Å². The fraction of sp³-hybridized carbons (Fsp3) is 0.667. The second-order valence-corrected chi connectivity index (χ2v) is 7.17. The number of carbonyl (C=O) groups is 1. The summed E-state index contributed by atoms with van der Waals surface area (Å²) in [6.45, 7) is 9.81. The number of unbranched alkanes of at least 4 members (excludes halogenated alkanes) is 2. The van der Waals surface area contributed by atoms with Crippen molar-refractivity contribution in [2.24, 2.45) is 0 Å². The Morgan fingerprint density at radius 2 is 1.60 bits per heavy atom. The van der Waals surface area contributed by atoms with E-state index in [1.807, 2.05) is 14.0 Å². The molecule has 4 nitrogen and oxygen atoms in total. The lowest BCUT2D eigenvalue weighted by Crippen LogP contribution is -2.46. The van der Waals surface area contributed by atoms with Gasteiger partial charge < -0.3 is 10.2 Å². The van der Waals surface area contributed by atoms with Crippen LogP contribution in [0.1, 0.15) is 50.2 Å². The van der Waals surface area contributed by atoms with Crippen LogP contribution in [-0.4, -0.2) is 55.4 Å². The molecule has 0 radical (unpaired) electrons. The van der Waals surface area contributed by atoms with Gasteiger partial charge in [0.05, 0.1) is 0 Å². The zero-order valence-corrected chi connectivity index (χ0v) is 16.1. The molecule has 0 bridgehead atoms. The van der Waals surface area contributed by atoms with E-state index in [9.17, 15) is 4.79 Å². The first-order valence-electron chi connectivity index (χ1n) is 9.90. The molecule has 1 heterocycles. The van der Waals surface area contributed by atoms with Crippen LogP contribution < -0.4 is 5.32 Å². The number of nitrogens with one attached hydrogen (secondary N) is 1. The molecule has 0 unspecified atom stereocenters. The molecule has 1 fully saturated rings. The van der Waals surface area contributed by atoms with E-state index in [0.29, 0.717) is 12.2 Å². The number of nitrogens with zero attached hydrogens (tertiary/aromatic N) is 2. The number of piperazine rings is 1. The summed E-state index contributed by atoms with van der Waals surface area (Å²) in [7, 11) is 1.98.